The number of nitrogens with zero attached hydrogens (tertiary/aromatic N) is 1. The highest BCUT2D eigenvalue weighted by molar-refractivity contribution is 6.11. The minimum atomic E-state index is -0.560. The van der Waals surface area contributed by atoms with Crippen LogP contribution in [0.5, 0.6) is 0 Å². The number of benzene rings is 2. The van der Waals surface area contributed by atoms with Gasteiger partial charge < -0.3 is 4.74 Å². The van der Waals surface area contributed by atoms with Gasteiger partial charge in [0.15, 0.2) is 0 Å². The Balaban J connectivity index is 2.07. The molecule has 4 nitrogen and oxygen atoms in total. The Kier molecular flexibility index (Phi) is 3.14. The van der Waals surface area contributed by atoms with Crippen molar-refractivity contribution in [2.45, 2.75) is 19.8 Å². The first-order chi connectivity index (χ1) is 9.70. The standard InChI is InChI=1S/C16H16N2O2/c1-10(17-18-16(19)20-2)13-9-8-12-7-6-11-4-3-5-14(13)15(11)12/h3-5,8-9H,6-7H2,1-2H3,(H,18,19)/b17-10+. The van der Waals surface area contributed by atoms with Gasteiger partial charge in [-0.1, -0.05) is 30.3 Å². The molecule has 2 aromatic rings. The molecule has 1 aliphatic carbocycles. The maximum atomic E-state index is 11.1. The Morgan fingerprint density at radius 3 is 2.70 bits per heavy atom. The fraction of sp³-hybridized carbons (Fsp3) is 0.250. The number of carbonyl (C=O) groups is 1. The van der Waals surface area contributed by atoms with Gasteiger partial charge in [-0.25, -0.2) is 10.2 Å². The molecule has 102 valence electrons. The Labute approximate surface area is 117 Å². The summed E-state index contributed by atoms with van der Waals surface area (Å²) in [5, 5.41) is 6.63. The number of nitrogens with one attached hydrogen (secondary N) is 1. The van der Waals surface area contributed by atoms with Gasteiger partial charge in [-0.15, -0.1) is 0 Å². The number of hydrogen-bond acceptors (Lipinski definition) is 3. The van der Waals surface area contributed by atoms with Gasteiger partial charge in [0, 0.05) is 5.56 Å². The second-order valence-corrected chi connectivity index (χ2v) is 4.91. The van der Waals surface area contributed by atoms with Crippen LogP contribution < -0.4 is 5.43 Å². The van der Waals surface area contributed by atoms with Crippen LogP contribution in [0.2, 0.25) is 0 Å². The van der Waals surface area contributed by atoms with Gasteiger partial charge in [0.1, 0.15) is 0 Å². The van der Waals surface area contributed by atoms with Gasteiger partial charge in [-0.2, -0.15) is 5.10 Å². The van der Waals surface area contributed by atoms with Gasteiger partial charge in [-0.3, -0.25) is 0 Å². The molecule has 0 radical (unpaired) electrons. The number of amides is 1. The molecule has 0 heterocycles. The molecule has 0 saturated heterocycles. The van der Waals surface area contributed by atoms with Crippen molar-refractivity contribution in [2.75, 3.05) is 7.11 Å². The predicted molar refractivity (Wildman–Crippen MR) is 79.1 cm³/mol. The van der Waals surface area contributed by atoms with Crippen LogP contribution in [0.3, 0.4) is 0 Å². The molecule has 1 N–H and O–H groups in total. The number of carbonyl (C=O) groups excluding carboxylic acids is 1. The van der Waals surface area contributed by atoms with Crippen LogP contribution in [0.1, 0.15) is 23.6 Å². The first-order valence-electron chi connectivity index (χ1n) is 6.63. The van der Waals surface area contributed by atoms with Crippen molar-refractivity contribution < 1.29 is 9.53 Å². The van der Waals surface area contributed by atoms with Crippen LogP contribution in [0.15, 0.2) is 35.4 Å². The second-order valence-electron chi connectivity index (χ2n) is 4.91. The zero-order valence-electron chi connectivity index (χ0n) is 11.6. The third-order valence-corrected chi connectivity index (χ3v) is 3.77. The molecule has 0 fully saturated rings. The quantitative estimate of drug-likeness (QED) is 0.672. The molecule has 0 aliphatic heterocycles. The third kappa shape index (κ3) is 2.03. The summed E-state index contributed by atoms with van der Waals surface area (Å²) in [5.74, 6) is 0. The minimum Gasteiger partial charge on any atom is -0.452 e. The van der Waals surface area contributed by atoms with E-state index in [1.807, 2.05) is 6.92 Å². The van der Waals surface area contributed by atoms with Crippen LogP contribution in [0.4, 0.5) is 4.79 Å². The summed E-state index contributed by atoms with van der Waals surface area (Å²) in [6.07, 6.45) is 1.65. The number of hydrazone groups is 1. The van der Waals surface area contributed by atoms with Crippen molar-refractivity contribution in [1.82, 2.24) is 5.43 Å². The van der Waals surface area contributed by atoms with E-state index < -0.39 is 6.09 Å². The maximum Gasteiger partial charge on any atom is 0.427 e. The van der Waals surface area contributed by atoms with Crippen molar-refractivity contribution >= 4 is 22.6 Å². The normalized spacial score (nSPS) is 13.6. The Morgan fingerprint density at radius 1 is 1.20 bits per heavy atom. The Bertz CT molecular complexity index is 709. The molecule has 4 heteroatoms. The fourth-order valence-corrected chi connectivity index (χ4v) is 2.80. The lowest BCUT2D eigenvalue weighted by atomic mass is 9.98. The lowest BCUT2D eigenvalue weighted by molar-refractivity contribution is 0.171. The fourth-order valence-electron chi connectivity index (χ4n) is 2.80. The molecule has 0 bridgehead atoms. The van der Waals surface area contributed by atoms with Crippen molar-refractivity contribution in [2.24, 2.45) is 5.10 Å². The summed E-state index contributed by atoms with van der Waals surface area (Å²) in [6, 6.07) is 10.6. The summed E-state index contributed by atoms with van der Waals surface area (Å²) >= 11 is 0. The van der Waals surface area contributed by atoms with Crippen molar-refractivity contribution in [3.05, 3.63) is 47.0 Å². The highest BCUT2D eigenvalue weighted by atomic mass is 16.5. The molecular formula is C16H16N2O2. The summed E-state index contributed by atoms with van der Waals surface area (Å²) < 4.78 is 4.52. The van der Waals surface area contributed by atoms with E-state index >= 15 is 0 Å². The molecule has 3 rings (SSSR count). The van der Waals surface area contributed by atoms with E-state index in [2.05, 4.69) is 45.6 Å². The summed E-state index contributed by atoms with van der Waals surface area (Å²) in [6.45, 7) is 1.88. The number of ether oxygens (including phenoxy) is 1. The van der Waals surface area contributed by atoms with Crippen LogP contribution in [0.25, 0.3) is 10.8 Å². The smallest absolute Gasteiger partial charge is 0.427 e. The topological polar surface area (TPSA) is 50.7 Å². The first-order valence-corrected chi connectivity index (χ1v) is 6.63. The molecule has 0 aromatic heterocycles. The highest BCUT2D eigenvalue weighted by Gasteiger charge is 2.16. The minimum absolute atomic E-state index is 0.560. The zero-order chi connectivity index (χ0) is 14.1. The lowest BCUT2D eigenvalue weighted by Gasteiger charge is -2.08. The lowest BCUT2D eigenvalue weighted by Crippen LogP contribution is -2.18. The number of aryl methyl sites for hydroxylation is 2. The van der Waals surface area contributed by atoms with Gasteiger partial charge in [0.2, 0.25) is 0 Å². The SMILES string of the molecule is COC(=O)N/N=C(\C)c1ccc2c3c(cccc13)CC2. The van der Waals surface area contributed by atoms with E-state index in [1.165, 1.54) is 29.0 Å². The van der Waals surface area contributed by atoms with E-state index in [4.69, 9.17) is 0 Å². The van der Waals surface area contributed by atoms with Crippen molar-refractivity contribution in [3.8, 4) is 0 Å². The van der Waals surface area contributed by atoms with Crippen LogP contribution in [-0.2, 0) is 17.6 Å². The molecule has 20 heavy (non-hydrogen) atoms. The average molecular weight is 268 g/mol. The van der Waals surface area contributed by atoms with E-state index in [0.717, 1.165) is 24.1 Å². The van der Waals surface area contributed by atoms with Crippen molar-refractivity contribution in [3.63, 3.8) is 0 Å². The number of rotatable bonds is 2. The zero-order valence-corrected chi connectivity index (χ0v) is 11.6. The average Bonchev–Trinajstić information content (AvgIpc) is 2.90. The number of hydrogen-bond donors (Lipinski definition) is 1. The van der Waals surface area contributed by atoms with Crippen LogP contribution >= 0.6 is 0 Å². The third-order valence-electron chi connectivity index (χ3n) is 3.77. The van der Waals surface area contributed by atoms with Gasteiger partial charge in [0.25, 0.3) is 0 Å². The molecule has 0 spiro atoms. The molecule has 0 unspecified atom stereocenters. The highest BCUT2D eigenvalue weighted by Crippen LogP contribution is 2.32. The van der Waals surface area contributed by atoms with E-state index in [0.29, 0.717) is 0 Å². The largest absolute Gasteiger partial charge is 0.452 e. The van der Waals surface area contributed by atoms with Crippen molar-refractivity contribution in [1.29, 1.82) is 0 Å². The second kappa shape index (κ2) is 4.96. The summed E-state index contributed by atoms with van der Waals surface area (Å²) in [4.78, 5) is 11.1. The van der Waals surface area contributed by atoms with E-state index in [-0.39, 0.29) is 0 Å². The van der Waals surface area contributed by atoms with Gasteiger partial charge in [0.05, 0.1) is 12.8 Å². The number of methoxy groups -OCH3 is 1. The van der Waals surface area contributed by atoms with E-state index in [1.54, 1.807) is 0 Å². The van der Waals surface area contributed by atoms with Gasteiger partial charge >= 0.3 is 6.09 Å². The molecule has 0 saturated carbocycles. The van der Waals surface area contributed by atoms with Crippen LogP contribution in [0, 0.1) is 0 Å². The predicted octanol–water partition coefficient (Wildman–Crippen LogP) is 3.02. The first kappa shape index (κ1) is 12.7. The molecule has 0 atom stereocenters. The molecule has 2 aromatic carbocycles. The van der Waals surface area contributed by atoms with Crippen LogP contribution in [-0.4, -0.2) is 18.9 Å². The van der Waals surface area contributed by atoms with Gasteiger partial charge in [-0.05, 0) is 41.7 Å². The molecular weight excluding hydrogens is 252 g/mol. The Morgan fingerprint density at radius 2 is 1.95 bits per heavy atom. The summed E-state index contributed by atoms with van der Waals surface area (Å²) in [7, 11) is 1.32. The molecule has 1 amide bonds. The maximum absolute atomic E-state index is 11.1. The monoisotopic (exact) mass is 268 g/mol. The van der Waals surface area contributed by atoms with E-state index in [9.17, 15) is 4.79 Å². The molecule has 1 aliphatic rings. The Hall–Kier alpha value is -2.36. The summed E-state index contributed by atoms with van der Waals surface area (Å²) in [5.41, 5.74) is 6.97.